The molecule has 2 aliphatic rings. The summed E-state index contributed by atoms with van der Waals surface area (Å²) >= 11 is 0. The van der Waals surface area contributed by atoms with Gasteiger partial charge in [-0.2, -0.15) is 0 Å². The molecule has 2 aliphatic heterocycles. The van der Waals surface area contributed by atoms with Gasteiger partial charge in [0.05, 0.1) is 0 Å². The third-order valence-corrected chi connectivity index (χ3v) is 5.49. The molecule has 24 heavy (non-hydrogen) atoms. The highest BCUT2D eigenvalue weighted by atomic mass is 15.3. The van der Waals surface area contributed by atoms with Crippen molar-refractivity contribution in [1.29, 1.82) is 0 Å². The van der Waals surface area contributed by atoms with Gasteiger partial charge in [0.15, 0.2) is 0 Å². The molecule has 0 saturated carbocycles. The third kappa shape index (κ3) is 5.18. The van der Waals surface area contributed by atoms with Crippen LogP contribution in [-0.2, 0) is 0 Å². The molecule has 1 aromatic rings. The number of aromatic nitrogens is 1. The molecule has 1 unspecified atom stereocenters. The van der Waals surface area contributed by atoms with E-state index in [0.717, 1.165) is 30.7 Å². The van der Waals surface area contributed by atoms with Crippen LogP contribution in [0.3, 0.4) is 0 Å². The Morgan fingerprint density at radius 3 is 2.62 bits per heavy atom. The lowest BCUT2D eigenvalue weighted by Crippen LogP contribution is -2.50. The first-order chi connectivity index (χ1) is 11.7. The zero-order valence-electron chi connectivity index (χ0n) is 15.5. The topological polar surface area (TPSA) is 22.6 Å². The number of piperazine rings is 1. The van der Waals surface area contributed by atoms with Crippen LogP contribution in [0.25, 0.3) is 0 Å². The number of rotatable bonds is 6. The third-order valence-electron chi connectivity index (χ3n) is 5.49. The summed E-state index contributed by atoms with van der Waals surface area (Å²) in [5.74, 6) is 2.83. The maximum Gasteiger partial charge on any atom is 0.128 e. The van der Waals surface area contributed by atoms with Crippen LogP contribution in [0.5, 0.6) is 0 Å². The van der Waals surface area contributed by atoms with Gasteiger partial charge in [0.25, 0.3) is 0 Å². The average molecular weight is 331 g/mol. The summed E-state index contributed by atoms with van der Waals surface area (Å²) in [5, 5.41) is 0. The van der Waals surface area contributed by atoms with Gasteiger partial charge in [-0.15, -0.1) is 0 Å². The Kier molecular flexibility index (Phi) is 6.50. The smallest absolute Gasteiger partial charge is 0.128 e. The first-order valence-electron chi connectivity index (χ1n) is 9.81. The highest BCUT2D eigenvalue weighted by molar-refractivity contribution is 5.38. The van der Waals surface area contributed by atoms with Gasteiger partial charge in [0.1, 0.15) is 5.82 Å². The predicted octanol–water partition coefficient (Wildman–Crippen LogP) is 2.96. The van der Waals surface area contributed by atoms with Crippen LogP contribution in [0, 0.1) is 11.8 Å². The van der Waals surface area contributed by atoms with Crippen molar-refractivity contribution < 1.29 is 0 Å². The summed E-state index contributed by atoms with van der Waals surface area (Å²) in [6.45, 7) is 14.5. The van der Waals surface area contributed by atoms with E-state index < -0.39 is 0 Å². The Labute approximate surface area is 147 Å². The molecule has 2 saturated heterocycles. The lowest BCUT2D eigenvalue weighted by molar-refractivity contribution is 0.125. The highest BCUT2D eigenvalue weighted by Gasteiger charge is 2.24. The SMILES string of the molecule is CC(C)CCN1CCCC(CN2CCN(c3ccccn3)CC2)C1. The average Bonchev–Trinajstić information content (AvgIpc) is 2.62. The molecule has 3 rings (SSSR count). The van der Waals surface area contributed by atoms with Crippen LogP contribution in [-0.4, -0.2) is 67.1 Å². The van der Waals surface area contributed by atoms with E-state index in [1.165, 1.54) is 58.5 Å². The minimum atomic E-state index is 0.824. The Morgan fingerprint density at radius 1 is 1.08 bits per heavy atom. The summed E-state index contributed by atoms with van der Waals surface area (Å²) in [6, 6.07) is 6.21. The van der Waals surface area contributed by atoms with Crippen molar-refractivity contribution in [3.05, 3.63) is 24.4 Å². The van der Waals surface area contributed by atoms with Crippen molar-refractivity contribution in [2.45, 2.75) is 33.1 Å². The quantitative estimate of drug-likeness (QED) is 0.800. The van der Waals surface area contributed by atoms with E-state index >= 15 is 0 Å². The van der Waals surface area contributed by atoms with Crippen molar-refractivity contribution in [2.75, 3.05) is 57.3 Å². The summed E-state index contributed by atoms with van der Waals surface area (Å²) in [5.41, 5.74) is 0. The van der Waals surface area contributed by atoms with Crippen molar-refractivity contribution in [3.8, 4) is 0 Å². The van der Waals surface area contributed by atoms with Crippen LogP contribution < -0.4 is 4.90 Å². The molecule has 0 bridgehead atoms. The molecular formula is C20H34N4. The molecular weight excluding hydrogens is 296 g/mol. The van der Waals surface area contributed by atoms with E-state index in [1.807, 2.05) is 12.3 Å². The zero-order valence-corrected chi connectivity index (χ0v) is 15.5. The summed E-state index contributed by atoms with van der Waals surface area (Å²) in [6.07, 6.45) is 6.04. The van der Waals surface area contributed by atoms with Crippen molar-refractivity contribution in [2.24, 2.45) is 11.8 Å². The van der Waals surface area contributed by atoms with Gasteiger partial charge in [-0.3, -0.25) is 4.90 Å². The Balaban J connectivity index is 1.41. The molecule has 0 radical (unpaired) electrons. The molecule has 1 atom stereocenters. The minimum Gasteiger partial charge on any atom is -0.354 e. The summed E-state index contributed by atoms with van der Waals surface area (Å²) in [4.78, 5) is 12.3. The fourth-order valence-electron chi connectivity index (χ4n) is 4.01. The first-order valence-corrected chi connectivity index (χ1v) is 9.81. The molecule has 0 spiro atoms. The second-order valence-corrected chi connectivity index (χ2v) is 7.97. The Hall–Kier alpha value is -1.13. The molecule has 0 amide bonds. The van der Waals surface area contributed by atoms with E-state index in [9.17, 15) is 0 Å². The molecule has 0 N–H and O–H groups in total. The molecule has 4 nitrogen and oxygen atoms in total. The number of hydrogen-bond acceptors (Lipinski definition) is 4. The van der Waals surface area contributed by atoms with Gasteiger partial charge in [-0.1, -0.05) is 19.9 Å². The van der Waals surface area contributed by atoms with Crippen molar-refractivity contribution in [1.82, 2.24) is 14.8 Å². The maximum absolute atomic E-state index is 4.49. The normalized spacial score (nSPS) is 23.8. The first kappa shape index (κ1) is 17.7. The monoisotopic (exact) mass is 330 g/mol. The van der Waals surface area contributed by atoms with Crippen LogP contribution in [0.2, 0.25) is 0 Å². The minimum absolute atomic E-state index is 0.824. The summed E-state index contributed by atoms with van der Waals surface area (Å²) in [7, 11) is 0. The molecule has 134 valence electrons. The van der Waals surface area contributed by atoms with Gasteiger partial charge in [-0.25, -0.2) is 4.98 Å². The fourth-order valence-corrected chi connectivity index (χ4v) is 4.01. The second-order valence-electron chi connectivity index (χ2n) is 7.97. The van der Waals surface area contributed by atoms with Crippen LogP contribution in [0.15, 0.2) is 24.4 Å². The molecule has 1 aromatic heterocycles. The van der Waals surface area contributed by atoms with E-state index in [1.54, 1.807) is 0 Å². The number of hydrogen-bond donors (Lipinski definition) is 0. The fraction of sp³-hybridized carbons (Fsp3) is 0.750. The lowest BCUT2D eigenvalue weighted by Gasteiger charge is -2.39. The highest BCUT2D eigenvalue weighted by Crippen LogP contribution is 2.20. The molecule has 2 fully saturated rings. The van der Waals surface area contributed by atoms with Crippen LogP contribution in [0.4, 0.5) is 5.82 Å². The number of anilines is 1. The van der Waals surface area contributed by atoms with Crippen LogP contribution >= 0.6 is 0 Å². The Morgan fingerprint density at radius 2 is 1.92 bits per heavy atom. The summed E-state index contributed by atoms with van der Waals surface area (Å²) < 4.78 is 0. The van der Waals surface area contributed by atoms with Gasteiger partial charge in [-0.05, 0) is 56.3 Å². The number of pyridine rings is 1. The van der Waals surface area contributed by atoms with E-state index in [4.69, 9.17) is 0 Å². The molecule has 3 heterocycles. The van der Waals surface area contributed by atoms with E-state index in [-0.39, 0.29) is 0 Å². The van der Waals surface area contributed by atoms with Gasteiger partial charge >= 0.3 is 0 Å². The predicted molar refractivity (Wildman–Crippen MR) is 102 cm³/mol. The molecule has 0 aliphatic carbocycles. The second kappa shape index (κ2) is 8.82. The molecule has 4 heteroatoms. The van der Waals surface area contributed by atoms with E-state index in [2.05, 4.69) is 45.7 Å². The van der Waals surface area contributed by atoms with E-state index in [0.29, 0.717) is 0 Å². The number of nitrogens with zero attached hydrogens (tertiary/aromatic N) is 4. The van der Waals surface area contributed by atoms with Gasteiger partial charge in [0, 0.05) is 45.5 Å². The Bertz CT molecular complexity index is 468. The van der Waals surface area contributed by atoms with Crippen molar-refractivity contribution >= 4 is 5.82 Å². The zero-order chi connectivity index (χ0) is 16.8. The maximum atomic E-state index is 4.49. The standard InChI is InChI=1S/C20H34N4/c1-18(2)8-11-22-10-5-6-19(16-22)17-23-12-14-24(15-13-23)20-7-3-4-9-21-20/h3-4,7,9,18-19H,5-6,8,10-17H2,1-2H3. The number of likely N-dealkylation sites (tertiary alicyclic amines) is 1. The molecule has 0 aromatic carbocycles. The number of piperidine rings is 1. The van der Waals surface area contributed by atoms with Crippen LogP contribution in [0.1, 0.15) is 33.1 Å². The van der Waals surface area contributed by atoms with Crippen molar-refractivity contribution in [3.63, 3.8) is 0 Å². The largest absolute Gasteiger partial charge is 0.354 e. The van der Waals surface area contributed by atoms with Gasteiger partial charge < -0.3 is 9.80 Å². The van der Waals surface area contributed by atoms with Gasteiger partial charge in [0.2, 0.25) is 0 Å². The lowest BCUT2D eigenvalue weighted by atomic mass is 9.96.